The molecule has 0 unspecified atom stereocenters. The molecule has 7 heteroatoms. The van der Waals surface area contributed by atoms with Crippen molar-refractivity contribution in [3.05, 3.63) is 87.7 Å². The van der Waals surface area contributed by atoms with E-state index in [1.165, 1.54) is 5.56 Å². The van der Waals surface area contributed by atoms with Crippen LogP contribution in [0.15, 0.2) is 59.9 Å². The summed E-state index contributed by atoms with van der Waals surface area (Å²) in [7, 11) is 0. The van der Waals surface area contributed by atoms with E-state index in [9.17, 15) is 4.79 Å². The van der Waals surface area contributed by atoms with Gasteiger partial charge in [-0.2, -0.15) is 0 Å². The fourth-order valence-electron chi connectivity index (χ4n) is 2.91. The van der Waals surface area contributed by atoms with Crippen LogP contribution in [0, 0.1) is 11.8 Å². The molecule has 0 atom stereocenters. The number of hydrogen-bond acceptors (Lipinski definition) is 6. The van der Waals surface area contributed by atoms with Crippen molar-refractivity contribution >= 4 is 22.2 Å². The molecule has 0 aliphatic rings. The van der Waals surface area contributed by atoms with E-state index in [4.69, 9.17) is 10.2 Å². The number of nitrogens with zero attached hydrogens (tertiary/aromatic N) is 3. The first-order chi connectivity index (χ1) is 15.8. The highest BCUT2D eigenvalue weighted by Crippen LogP contribution is 2.10. The predicted octanol–water partition coefficient (Wildman–Crippen LogP) is 5.20. The lowest BCUT2D eigenvalue weighted by molar-refractivity contribution is 0.112. The van der Waals surface area contributed by atoms with Crippen LogP contribution in [0.1, 0.15) is 60.3 Å². The quantitative estimate of drug-likeness (QED) is 0.419. The topological polar surface area (TPSA) is 96.2 Å². The Morgan fingerprint density at radius 1 is 0.727 bits per heavy atom. The lowest BCUT2D eigenvalue weighted by atomic mass is 10.0. The summed E-state index contributed by atoms with van der Waals surface area (Å²) >= 11 is 3.23. The van der Waals surface area contributed by atoms with Crippen LogP contribution in [0.5, 0.6) is 0 Å². The Morgan fingerprint density at radius 3 is 1.64 bits per heavy atom. The molecule has 3 heterocycles. The molecule has 0 aliphatic carbocycles. The average molecular weight is 516 g/mol. The molecule has 2 N–H and O–H groups in total. The molecule has 0 amide bonds. The first-order valence-corrected chi connectivity index (χ1v) is 11.7. The highest BCUT2D eigenvalue weighted by Gasteiger charge is 1.99. The maximum absolute atomic E-state index is 10.4. The van der Waals surface area contributed by atoms with Crippen molar-refractivity contribution in [3.8, 4) is 0 Å². The molecule has 178 valence electrons. The zero-order valence-corrected chi connectivity index (χ0v) is 21.4. The van der Waals surface area contributed by atoms with E-state index in [0.29, 0.717) is 17.4 Å². The Morgan fingerprint density at radius 2 is 1.18 bits per heavy atom. The summed E-state index contributed by atoms with van der Waals surface area (Å²) in [6.07, 6.45) is 13.1. The molecular weight excluding hydrogens is 482 g/mol. The number of aldehydes is 1. The van der Waals surface area contributed by atoms with E-state index in [2.05, 4.69) is 58.6 Å². The number of aromatic nitrogens is 3. The Kier molecular flexibility index (Phi) is 14.0. The van der Waals surface area contributed by atoms with Gasteiger partial charge in [-0.25, -0.2) is 0 Å². The van der Waals surface area contributed by atoms with Crippen molar-refractivity contribution < 1.29 is 15.0 Å². The number of aliphatic hydroxyl groups excluding tert-OH is 2. The second-order valence-electron chi connectivity index (χ2n) is 8.47. The lowest BCUT2D eigenvalue weighted by Gasteiger charge is -2.04. The fraction of sp³-hybridized carbons (Fsp3) is 0.385. The molecule has 3 aromatic heterocycles. The van der Waals surface area contributed by atoms with Crippen molar-refractivity contribution in [1.29, 1.82) is 0 Å². The van der Waals surface area contributed by atoms with Gasteiger partial charge in [-0.3, -0.25) is 19.7 Å². The Hall–Kier alpha value is -2.48. The van der Waals surface area contributed by atoms with Gasteiger partial charge in [0.2, 0.25) is 0 Å². The van der Waals surface area contributed by atoms with Crippen LogP contribution in [0.25, 0.3) is 0 Å². The number of rotatable bonds is 7. The summed E-state index contributed by atoms with van der Waals surface area (Å²) < 4.78 is 0.897. The SMILES string of the molecule is CC(C)Cc1cncc(C=O)c1.CC(C)Cc1cncc(CO)c1.OCc1cncc(Br)c1. The van der Waals surface area contributed by atoms with Gasteiger partial charge < -0.3 is 10.2 Å². The minimum Gasteiger partial charge on any atom is -0.392 e. The second-order valence-corrected chi connectivity index (χ2v) is 9.39. The van der Waals surface area contributed by atoms with Crippen LogP contribution in [0.2, 0.25) is 0 Å². The molecule has 0 aliphatic heterocycles. The van der Waals surface area contributed by atoms with E-state index < -0.39 is 0 Å². The third-order valence-electron chi connectivity index (χ3n) is 4.22. The summed E-state index contributed by atoms with van der Waals surface area (Å²) in [6.45, 7) is 8.77. The standard InChI is InChI=1S/C10H15NO.C10H13NO.C6H6BrNO/c2*1-8(2)3-9-4-10(7-12)6-11-5-9;7-6-1-5(4-9)2-8-3-6/h4-6,8,12H,3,7H2,1-2H3;4-8H,3H2,1-2H3;1-3,9H,4H2. The zero-order valence-electron chi connectivity index (χ0n) is 19.8. The molecule has 0 aromatic carbocycles. The smallest absolute Gasteiger partial charge is 0.151 e. The normalized spacial score (nSPS) is 10.2. The first-order valence-electron chi connectivity index (χ1n) is 10.9. The molecule has 3 aromatic rings. The number of hydrogen-bond donors (Lipinski definition) is 2. The van der Waals surface area contributed by atoms with Crippen molar-refractivity contribution in [3.63, 3.8) is 0 Å². The number of halogens is 1. The van der Waals surface area contributed by atoms with Gasteiger partial charge in [0.1, 0.15) is 0 Å². The van der Waals surface area contributed by atoms with Gasteiger partial charge in [-0.1, -0.05) is 33.8 Å². The maximum atomic E-state index is 10.4. The van der Waals surface area contributed by atoms with Crippen LogP contribution >= 0.6 is 15.9 Å². The van der Waals surface area contributed by atoms with E-state index in [0.717, 1.165) is 40.3 Å². The molecule has 33 heavy (non-hydrogen) atoms. The van der Waals surface area contributed by atoms with Gasteiger partial charge in [-0.15, -0.1) is 0 Å². The molecule has 0 fully saturated rings. The van der Waals surface area contributed by atoms with Crippen LogP contribution in [-0.4, -0.2) is 31.5 Å². The van der Waals surface area contributed by atoms with Crippen LogP contribution in [0.4, 0.5) is 0 Å². The minimum absolute atomic E-state index is 0.0481. The molecular formula is C26H34BrN3O3. The number of carbonyl (C=O) groups excluding carboxylic acids is 1. The van der Waals surface area contributed by atoms with Gasteiger partial charge in [0, 0.05) is 47.2 Å². The first kappa shape index (κ1) is 28.6. The van der Waals surface area contributed by atoms with E-state index in [1.54, 1.807) is 24.8 Å². The van der Waals surface area contributed by atoms with E-state index in [1.807, 2.05) is 30.6 Å². The molecule has 0 saturated carbocycles. The lowest BCUT2D eigenvalue weighted by Crippen LogP contribution is -1.96. The van der Waals surface area contributed by atoms with Crippen molar-refractivity contribution in [1.82, 2.24) is 15.0 Å². The Labute approximate surface area is 205 Å². The number of carbonyl (C=O) groups is 1. The van der Waals surface area contributed by atoms with Crippen LogP contribution < -0.4 is 0 Å². The highest BCUT2D eigenvalue weighted by molar-refractivity contribution is 9.10. The zero-order chi connectivity index (χ0) is 24.6. The van der Waals surface area contributed by atoms with Crippen LogP contribution in [-0.2, 0) is 26.1 Å². The second kappa shape index (κ2) is 16.2. The maximum Gasteiger partial charge on any atom is 0.151 e. The molecule has 6 nitrogen and oxygen atoms in total. The van der Waals surface area contributed by atoms with Gasteiger partial charge in [0.25, 0.3) is 0 Å². The number of aliphatic hydroxyl groups is 2. The summed E-state index contributed by atoms with van der Waals surface area (Å²) in [6, 6.07) is 5.72. The fourth-order valence-corrected chi connectivity index (χ4v) is 3.32. The van der Waals surface area contributed by atoms with Crippen molar-refractivity contribution in [2.45, 2.75) is 53.8 Å². The molecule has 3 rings (SSSR count). The minimum atomic E-state index is 0.0481. The third-order valence-corrected chi connectivity index (χ3v) is 4.65. The van der Waals surface area contributed by atoms with Gasteiger partial charge >= 0.3 is 0 Å². The van der Waals surface area contributed by atoms with E-state index in [-0.39, 0.29) is 13.2 Å². The van der Waals surface area contributed by atoms with Crippen LogP contribution in [0.3, 0.4) is 0 Å². The number of pyridine rings is 3. The summed E-state index contributed by atoms with van der Waals surface area (Å²) in [5, 5.41) is 17.5. The van der Waals surface area contributed by atoms with Crippen molar-refractivity contribution in [2.24, 2.45) is 11.8 Å². The van der Waals surface area contributed by atoms with Crippen molar-refractivity contribution in [2.75, 3.05) is 0 Å². The molecule has 0 bridgehead atoms. The highest BCUT2D eigenvalue weighted by atomic mass is 79.9. The molecule has 0 saturated heterocycles. The summed E-state index contributed by atoms with van der Waals surface area (Å²) in [4.78, 5) is 22.3. The summed E-state index contributed by atoms with van der Waals surface area (Å²) in [5.41, 5.74) is 4.72. The van der Waals surface area contributed by atoms with Gasteiger partial charge in [0.15, 0.2) is 6.29 Å². The summed E-state index contributed by atoms with van der Waals surface area (Å²) in [5.74, 6) is 1.24. The van der Waals surface area contributed by atoms with Gasteiger partial charge in [0.05, 0.1) is 13.2 Å². The Balaban J connectivity index is 0.000000250. The third kappa shape index (κ3) is 13.0. The largest absolute Gasteiger partial charge is 0.392 e. The van der Waals surface area contributed by atoms with Gasteiger partial charge in [-0.05, 0) is 75.0 Å². The Bertz CT molecular complexity index is 965. The molecule has 0 spiro atoms. The predicted molar refractivity (Wildman–Crippen MR) is 135 cm³/mol. The monoisotopic (exact) mass is 515 g/mol. The molecule has 0 radical (unpaired) electrons. The average Bonchev–Trinajstić information content (AvgIpc) is 2.79. The van der Waals surface area contributed by atoms with E-state index >= 15 is 0 Å².